The fourth-order valence-corrected chi connectivity index (χ4v) is 3.36. The van der Waals surface area contributed by atoms with Crippen LogP contribution in [0.3, 0.4) is 0 Å². The molecule has 0 spiro atoms. The molecule has 0 heterocycles. The van der Waals surface area contributed by atoms with Crippen LogP contribution in [0.25, 0.3) is 0 Å². The Labute approximate surface area is 120 Å². The van der Waals surface area contributed by atoms with Crippen LogP contribution >= 0.6 is 0 Å². The second-order valence-electron chi connectivity index (χ2n) is 6.68. The molecule has 1 N–H and O–H groups in total. The van der Waals surface area contributed by atoms with Gasteiger partial charge in [-0.2, -0.15) is 0 Å². The average Bonchev–Trinajstić information content (AvgIpc) is 2.36. The van der Waals surface area contributed by atoms with E-state index in [0.29, 0.717) is 0 Å². The Morgan fingerprint density at radius 1 is 1.11 bits per heavy atom. The van der Waals surface area contributed by atoms with Crippen LogP contribution in [-0.2, 0) is 0 Å². The highest BCUT2D eigenvalue weighted by Gasteiger charge is 2.28. The fourth-order valence-electron chi connectivity index (χ4n) is 3.36. The lowest BCUT2D eigenvalue weighted by molar-refractivity contribution is 0.141. The standard InChI is InChI=1S/C16H35N3/c1-6-9-19(11-10-18(4)5)13-15-12-14(2)7-8-16(15)17-3/h14-17H,6-13H2,1-5H3. The van der Waals surface area contributed by atoms with Crippen molar-refractivity contribution in [2.45, 2.75) is 45.6 Å². The molecule has 0 aliphatic heterocycles. The lowest BCUT2D eigenvalue weighted by Crippen LogP contribution is -2.45. The highest BCUT2D eigenvalue weighted by atomic mass is 15.2. The smallest absolute Gasteiger partial charge is 0.0109 e. The minimum atomic E-state index is 0.731. The van der Waals surface area contributed by atoms with Crippen LogP contribution in [0.2, 0.25) is 0 Å². The van der Waals surface area contributed by atoms with Crippen LogP contribution in [0.15, 0.2) is 0 Å². The van der Waals surface area contributed by atoms with E-state index in [-0.39, 0.29) is 0 Å². The van der Waals surface area contributed by atoms with Gasteiger partial charge in [0.15, 0.2) is 0 Å². The van der Waals surface area contributed by atoms with Gasteiger partial charge < -0.3 is 15.1 Å². The van der Waals surface area contributed by atoms with E-state index in [1.165, 1.54) is 51.9 Å². The highest BCUT2D eigenvalue weighted by molar-refractivity contribution is 4.84. The summed E-state index contributed by atoms with van der Waals surface area (Å²) in [6, 6.07) is 0.731. The van der Waals surface area contributed by atoms with Crippen molar-refractivity contribution in [3.05, 3.63) is 0 Å². The minimum Gasteiger partial charge on any atom is -0.317 e. The van der Waals surface area contributed by atoms with Gasteiger partial charge in [-0.1, -0.05) is 13.8 Å². The van der Waals surface area contributed by atoms with Gasteiger partial charge in [0, 0.05) is 25.7 Å². The molecule has 1 rings (SSSR count). The van der Waals surface area contributed by atoms with Gasteiger partial charge in [-0.25, -0.2) is 0 Å². The molecule has 3 nitrogen and oxygen atoms in total. The number of likely N-dealkylation sites (N-methyl/N-ethyl adjacent to an activating group) is 1. The number of rotatable bonds is 8. The summed E-state index contributed by atoms with van der Waals surface area (Å²) in [7, 11) is 6.48. The van der Waals surface area contributed by atoms with Crippen molar-refractivity contribution in [3.8, 4) is 0 Å². The van der Waals surface area contributed by atoms with Gasteiger partial charge in [0.1, 0.15) is 0 Å². The van der Waals surface area contributed by atoms with Gasteiger partial charge >= 0.3 is 0 Å². The summed E-state index contributed by atoms with van der Waals surface area (Å²) in [6.45, 7) is 9.62. The van der Waals surface area contributed by atoms with Crippen molar-refractivity contribution >= 4 is 0 Å². The van der Waals surface area contributed by atoms with E-state index in [4.69, 9.17) is 0 Å². The molecule has 1 fully saturated rings. The molecule has 3 unspecified atom stereocenters. The lowest BCUT2D eigenvalue weighted by atomic mass is 9.78. The van der Waals surface area contributed by atoms with Gasteiger partial charge in [0.05, 0.1) is 0 Å². The largest absolute Gasteiger partial charge is 0.317 e. The van der Waals surface area contributed by atoms with E-state index in [1.54, 1.807) is 0 Å². The molecule has 3 atom stereocenters. The van der Waals surface area contributed by atoms with Crippen molar-refractivity contribution in [1.82, 2.24) is 15.1 Å². The molecule has 1 saturated carbocycles. The summed E-state index contributed by atoms with van der Waals surface area (Å²) in [5.41, 5.74) is 0. The molecule has 0 aromatic carbocycles. The van der Waals surface area contributed by atoms with Gasteiger partial charge in [0.25, 0.3) is 0 Å². The van der Waals surface area contributed by atoms with Gasteiger partial charge in [-0.15, -0.1) is 0 Å². The minimum absolute atomic E-state index is 0.731. The highest BCUT2D eigenvalue weighted by Crippen LogP contribution is 2.29. The molecule has 0 bridgehead atoms. The van der Waals surface area contributed by atoms with Crippen molar-refractivity contribution < 1.29 is 0 Å². The van der Waals surface area contributed by atoms with Crippen molar-refractivity contribution in [2.75, 3.05) is 47.3 Å². The SMILES string of the molecule is CCCN(CCN(C)C)CC1CC(C)CCC1NC. The zero-order valence-electron chi connectivity index (χ0n) is 13.8. The second-order valence-corrected chi connectivity index (χ2v) is 6.68. The molecule has 19 heavy (non-hydrogen) atoms. The molecule has 0 aromatic heterocycles. The molecular formula is C16H35N3. The van der Waals surface area contributed by atoms with E-state index in [2.05, 4.69) is 50.1 Å². The number of nitrogens with one attached hydrogen (secondary N) is 1. The lowest BCUT2D eigenvalue weighted by Gasteiger charge is -2.38. The molecule has 0 amide bonds. The Bertz CT molecular complexity index is 230. The third-order valence-corrected chi connectivity index (χ3v) is 4.51. The first-order chi connectivity index (χ1) is 9.06. The molecule has 0 aromatic rings. The molecule has 0 saturated heterocycles. The van der Waals surface area contributed by atoms with Crippen LogP contribution in [-0.4, -0.2) is 63.2 Å². The zero-order valence-corrected chi connectivity index (χ0v) is 13.8. The molecule has 0 radical (unpaired) electrons. The predicted octanol–water partition coefficient (Wildman–Crippen LogP) is 2.28. The van der Waals surface area contributed by atoms with E-state index in [1.807, 2.05) is 0 Å². The van der Waals surface area contributed by atoms with Gasteiger partial charge in [-0.05, 0) is 65.2 Å². The first kappa shape index (κ1) is 16.9. The molecule has 1 aliphatic carbocycles. The third-order valence-electron chi connectivity index (χ3n) is 4.51. The van der Waals surface area contributed by atoms with Crippen molar-refractivity contribution in [2.24, 2.45) is 11.8 Å². The molecule has 114 valence electrons. The quantitative estimate of drug-likeness (QED) is 0.729. The maximum absolute atomic E-state index is 3.55. The summed E-state index contributed by atoms with van der Waals surface area (Å²) >= 11 is 0. The van der Waals surface area contributed by atoms with Crippen LogP contribution in [0, 0.1) is 11.8 Å². The number of hydrogen-bond acceptors (Lipinski definition) is 3. The summed E-state index contributed by atoms with van der Waals surface area (Å²) in [5.74, 6) is 1.74. The molecule has 1 aliphatic rings. The first-order valence-electron chi connectivity index (χ1n) is 8.11. The van der Waals surface area contributed by atoms with Gasteiger partial charge in [0.2, 0.25) is 0 Å². The van der Waals surface area contributed by atoms with Crippen LogP contribution in [0.4, 0.5) is 0 Å². The molecule has 3 heteroatoms. The van der Waals surface area contributed by atoms with E-state index < -0.39 is 0 Å². The Kier molecular flexibility index (Phi) is 7.96. The van der Waals surface area contributed by atoms with E-state index in [0.717, 1.165) is 17.9 Å². The summed E-state index contributed by atoms with van der Waals surface area (Å²) in [4.78, 5) is 4.97. The van der Waals surface area contributed by atoms with Crippen LogP contribution in [0.5, 0.6) is 0 Å². The summed E-state index contributed by atoms with van der Waals surface area (Å²) < 4.78 is 0. The summed E-state index contributed by atoms with van der Waals surface area (Å²) in [6.07, 6.45) is 5.41. The third kappa shape index (κ3) is 6.24. The van der Waals surface area contributed by atoms with Crippen molar-refractivity contribution in [1.29, 1.82) is 0 Å². The average molecular weight is 269 g/mol. The first-order valence-corrected chi connectivity index (χ1v) is 8.11. The monoisotopic (exact) mass is 269 g/mol. The predicted molar refractivity (Wildman–Crippen MR) is 84.6 cm³/mol. The number of hydrogen-bond donors (Lipinski definition) is 1. The Morgan fingerprint density at radius 2 is 1.84 bits per heavy atom. The number of nitrogens with zero attached hydrogens (tertiary/aromatic N) is 2. The van der Waals surface area contributed by atoms with E-state index in [9.17, 15) is 0 Å². The Morgan fingerprint density at radius 3 is 2.42 bits per heavy atom. The zero-order chi connectivity index (χ0) is 14.3. The molecular weight excluding hydrogens is 234 g/mol. The van der Waals surface area contributed by atoms with Crippen molar-refractivity contribution in [3.63, 3.8) is 0 Å². The van der Waals surface area contributed by atoms with Gasteiger partial charge in [-0.3, -0.25) is 0 Å². The maximum Gasteiger partial charge on any atom is 0.0109 e. The van der Waals surface area contributed by atoms with E-state index >= 15 is 0 Å². The Balaban J connectivity index is 2.49. The maximum atomic E-state index is 3.55. The summed E-state index contributed by atoms with van der Waals surface area (Å²) in [5, 5.41) is 3.55. The fraction of sp³-hybridized carbons (Fsp3) is 1.00. The Hall–Kier alpha value is -0.120. The van der Waals surface area contributed by atoms with Crippen LogP contribution < -0.4 is 5.32 Å². The van der Waals surface area contributed by atoms with Crippen LogP contribution in [0.1, 0.15) is 39.5 Å². The second kappa shape index (κ2) is 8.93. The normalized spacial score (nSPS) is 28.3. The topological polar surface area (TPSA) is 18.5 Å².